The third-order valence-corrected chi connectivity index (χ3v) is 6.18. The van der Waals surface area contributed by atoms with E-state index in [4.69, 9.17) is 0 Å². The zero-order valence-electron chi connectivity index (χ0n) is 12.3. The lowest BCUT2D eigenvalue weighted by Crippen LogP contribution is -2.29. The van der Waals surface area contributed by atoms with Crippen LogP contribution >= 0.6 is 0 Å². The Kier molecular flexibility index (Phi) is 3.22. The molecule has 23 heavy (non-hydrogen) atoms. The molecule has 1 aromatic carbocycles. The lowest BCUT2D eigenvalue weighted by atomic mass is 9.95. The smallest absolute Gasteiger partial charge is 0.234 e. The third kappa shape index (κ3) is 2.52. The molecule has 2 aliphatic rings. The van der Waals surface area contributed by atoms with Crippen molar-refractivity contribution in [1.29, 1.82) is 0 Å². The molecule has 0 spiro atoms. The Morgan fingerprint density at radius 2 is 2.00 bits per heavy atom. The highest BCUT2D eigenvalue weighted by atomic mass is 32.2. The van der Waals surface area contributed by atoms with Crippen molar-refractivity contribution in [3.63, 3.8) is 0 Å². The SMILES string of the molecule is O=C(Nc1nncn1C1CC1)C1CCS(=O)(=O)c2ccccc21. The Morgan fingerprint density at radius 3 is 2.78 bits per heavy atom. The van der Waals surface area contributed by atoms with E-state index in [0.29, 0.717) is 17.6 Å². The van der Waals surface area contributed by atoms with Crippen LogP contribution < -0.4 is 5.32 Å². The Bertz CT molecular complexity index is 870. The minimum atomic E-state index is -3.30. The van der Waals surface area contributed by atoms with Crippen LogP contribution in [0.15, 0.2) is 35.5 Å². The van der Waals surface area contributed by atoms with Crippen molar-refractivity contribution < 1.29 is 13.2 Å². The van der Waals surface area contributed by atoms with E-state index < -0.39 is 15.8 Å². The van der Waals surface area contributed by atoms with Crippen molar-refractivity contribution in [2.45, 2.75) is 36.1 Å². The molecule has 2 heterocycles. The summed E-state index contributed by atoms with van der Waals surface area (Å²) in [7, 11) is -3.30. The topological polar surface area (TPSA) is 93.9 Å². The summed E-state index contributed by atoms with van der Waals surface area (Å²) < 4.78 is 26.2. The predicted molar refractivity (Wildman–Crippen MR) is 82.8 cm³/mol. The first kappa shape index (κ1) is 14.4. The van der Waals surface area contributed by atoms with Gasteiger partial charge in [-0.15, -0.1) is 10.2 Å². The molecule has 1 fully saturated rings. The number of amides is 1. The van der Waals surface area contributed by atoms with Crippen LogP contribution in [-0.4, -0.2) is 34.8 Å². The summed E-state index contributed by atoms with van der Waals surface area (Å²) >= 11 is 0. The van der Waals surface area contributed by atoms with Crippen molar-refractivity contribution >= 4 is 21.7 Å². The summed E-state index contributed by atoms with van der Waals surface area (Å²) in [5.41, 5.74) is 0.564. The molecule has 1 unspecified atom stereocenters. The number of hydrogen-bond acceptors (Lipinski definition) is 5. The summed E-state index contributed by atoms with van der Waals surface area (Å²) in [6, 6.07) is 7.07. The van der Waals surface area contributed by atoms with Crippen LogP contribution in [0.4, 0.5) is 5.95 Å². The fraction of sp³-hybridized carbons (Fsp3) is 0.400. The van der Waals surface area contributed by atoms with Gasteiger partial charge in [0.05, 0.1) is 16.6 Å². The van der Waals surface area contributed by atoms with E-state index in [1.165, 1.54) is 0 Å². The lowest BCUT2D eigenvalue weighted by molar-refractivity contribution is -0.117. The molecular weight excluding hydrogens is 316 g/mol. The van der Waals surface area contributed by atoms with Crippen LogP contribution in [0.5, 0.6) is 0 Å². The average molecular weight is 332 g/mol. The number of hydrogen-bond donors (Lipinski definition) is 1. The van der Waals surface area contributed by atoms with Gasteiger partial charge in [-0.2, -0.15) is 0 Å². The maximum atomic E-state index is 12.6. The molecule has 1 aromatic heterocycles. The number of rotatable bonds is 3. The number of nitrogens with zero attached hydrogens (tertiary/aromatic N) is 3. The van der Waals surface area contributed by atoms with Crippen LogP contribution in [0.25, 0.3) is 0 Å². The van der Waals surface area contributed by atoms with Crippen LogP contribution in [0.1, 0.15) is 36.8 Å². The second-order valence-corrected chi connectivity index (χ2v) is 8.06. The summed E-state index contributed by atoms with van der Waals surface area (Å²) in [4.78, 5) is 12.9. The number of aromatic nitrogens is 3. The molecule has 2 aromatic rings. The molecule has 1 amide bonds. The summed E-state index contributed by atoms with van der Waals surface area (Å²) in [6.45, 7) is 0. The standard InChI is InChI=1S/C15H16N4O3S/c20-14(17-15-18-16-9-19(15)10-5-6-10)12-7-8-23(21,22)13-4-2-1-3-11(12)13/h1-4,9-10,12H,5-8H2,(H,17,18,20). The van der Waals surface area contributed by atoms with Gasteiger partial charge in [0.25, 0.3) is 0 Å². The van der Waals surface area contributed by atoms with E-state index in [9.17, 15) is 13.2 Å². The summed E-state index contributed by atoms with van der Waals surface area (Å²) in [5.74, 6) is -0.304. The fourth-order valence-electron chi connectivity index (χ4n) is 3.01. The second-order valence-electron chi connectivity index (χ2n) is 5.98. The van der Waals surface area contributed by atoms with Gasteiger partial charge in [-0.1, -0.05) is 18.2 Å². The fourth-order valence-corrected chi connectivity index (χ4v) is 4.63. The van der Waals surface area contributed by atoms with Gasteiger partial charge in [-0.05, 0) is 30.9 Å². The third-order valence-electron chi connectivity index (χ3n) is 4.37. The zero-order valence-corrected chi connectivity index (χ0v) is 13.2. The maximum absolute atomic E-state index is 12.6. The van der Waals surface area contributed by atoms with Gasteiger partial charge in [0.2, 0.25) is 11.9 Å². The van der Waals surface area contributed by atoms with Crippen molar-refractivity contribution in [3.05, 3.63) is 36.2 Å². The second kappa shape index (κ2) is 5.16. The van der Waals surface area contributed by atoms with Gasteiger partial charge < -0.3 is 0 Å². The first-order chi connectivity index (χ1) is 11.1. The highest BCUT2D eigenvalue weighted by molar-refractivity contribution is 7.91. The van der Waals surface area contributed by atoms with Crippen LogP contribution in [0.3, 0.4) is 0 Å². The quantitative estimate of drug-likeness (QED) is 0.919. The van der Waals surface area contributed by atoms with Gasteiger partial charge >= 0.3 is 0 Å². The van der Waals surface area contributed by atoms with E-state index in [0.717, 1.165) is 12.8 Å². The Morgan fingerprint density at radius 1 is 1.22 bits per heavy atom. The van der Waals surface area contributed by atoms with Crippen LogP contribution in [0, 0.1) is 0 Å². The minimum absolute atomic E-state index is 0.0165. The number of anilines is 1. The summed E-state index contributed by atoms with van der Waals surface area (Å²) in [5, 5.41) is 10.6. The predicted octanol–water partition coefficient (Wildman–Crippen LogP) is 1.51. The summed E-state index contributed by atoms with van der Waals surface area (Å²) in [6.07, 6.45) is 4.02. The number of sulfone groups is 1. The van der Waals surface area contributed by atoms with Crippen LogP contribution in [-0.2, 0) is 14.6 Å². The number of benzene rings is 1. The number of nitrogens with one attached hydrogen (secondary N) is 1. The molecule has 1 saturated carbocycles. The maximum Gasteiger partial charge on any atom is 0.234 e. The Labute approximate surface area is 133 Å². The molecule has 7 nitrogen and oxygen atoms in total. The highest BCUT2D eigenvalue weighted by Gasteiger charge is 2.35. The van der Waals surface area contributed by atoms with E-state index in [1.54, 1.807) is 30.6 Å². The largest absolute Gasteiger partial charge is 0.297 e. The van der Waals surface area contributed by atoms with Crippen LogP contribution in [0.2, 0.25) is 0 Å². The molecule has 1 N–H and O–H groups in total. The van der Waals surface area contributed by atoms with Crippen molar-refractivity contribution in [3.8, 4) is 0 Å². The van der Waals surface area contributed by atoms with Gasteiger partial charge in [0.1, 0.15) is 6.33 Å². The lowest BCUT2D eigenvalue weighted by Gasteiger charge is -2.24. The van der Waals surface area contributed by atoms with Gasteiger partial charge in [0.15, 0.2) is 9.84 Å². The van der Waals surface area contributed by atoms with E-state index in [-0.39, 0.29) is 23.0 Å². The number of carbonyl (C=O) groups is 1. The molecule has 0 bridgehead atoms. The Hall–Kier alpha value is -2.22. The van der Waals surface area contributed by atoms with E-state index >= 15 is 0 Å². The number of fused-ring (bicyclic) bond motifs is 1. The van der Waals surface area contributed by atoms with Gasteiger partial charge in [0, 0.05) is 6.04 Å². The molecule has 120 valence electrons. The van der Waals surface area contributed by atoms with E-state index in [2.05, 4.69) is 15.5 Å². The molecule has 1 aliphatic carbocycles. The number of carbonyl (C=O) groups excluding carboxylic acids is 1. The molecule has 1 aliphatic heterocycles. The van der Waals surface area contributed by atoms with Gasteiger partial charge in [-0.3, -0.25) is 14.7 Å². The normalized spacial score (nSPS) is 22.3. The molecule has 0 saturated heterocycles. The molecular formula is C15H16N4O3S. The van der Waals surface area contributed by atoms with Crippen molar-refractivity contribution in [2.75, 3.05) is 11.1 Å². The highest BCUT2D eigenvalue weighted by Crippen LogP contribution is 2.37. The van der Waals surface area contributed by atoms with Crippen molar-refractivity contribution in [1.82, 2.24) is 14.8 Å². The average Bonchev–Trinajstić information content (AvgIpc) is 3.27. The molecule has 4 rings (SSSR count). The first-order valence-electron chi connectivity index (χ1n) is 7.58. The first-order valence-corrected chi connectivity index (χ1v) is 9.23. The van der Waals surface area contributed by atoms with Gasteiger partial charge in [-0.25, -0.2) is 8.42 Å². The molecule has 8 heteroatoms. The molecule has 1 atom stereocenters. The Balaban J connectivity index is 1.63. The minimum Gasteiger partial charge on any atom is -0.297 e. The monoisotopic (exact) mass is 332 g/mol. The van der Waals surface area contributed by atoms with Crippen molar-refractivity contribution in [2.24, 2.45) is 0 Å². The van der Waals surface area contributed by atoms with E-state index in [1.807, 2.05) is 4.57 Å². The molecule has 0 radical (unpaired) electrons. The zero-order chi connectivity index (χ0) is 16.0.